The molecule has 1 fully saturated rings. The average Bonchev–Trinajstić information content (AvgIpc) is 2.60. The standard InChI is InChI=1S/C13H24N2O3/c1-12(2,3)9(14)8-10(16)15-7-5-6-13(15,4)11(17)18/h9H,5-8,14H2,1-4H3,(H,17,18). The number of carboxylic acids is 1. The Morgan fingerprint density at radius 2 is 2.00 bits per heavy atom. The predicted molar refractivity (Wildman–Crippen MR) is 69.0 cm³/mol. The first-order valence-electron chi connectivity index (χ1n) is 6.38. The number of amides is 1. The molecule has 0 radical (unpaired) electrons. The number of hydrogen-bond acceptors (Lipinski definition) is 3. The van der Waals surface area contributed by atoms with E-state index in [4.69, 9.17) is 5.73 Å². The highest BCUT2D eigenvalue weighted by atomic mass is 16.4. The van der Waals surface area contributed by atoms with Crippen molar-refractivity contribution in [3.63, 3.8) is 0 Å². The van der Waals surface area contributed by atoms with Gasteiger partial charge in [0.2, 0.25) is 5.91 Å². The van der Waals surface area contributed by atoms with E-state index in [0.29, 0.717) is 13.0 Å². The molecule has 0 aromatic rings. The molecule has 18 heavy (non-hydrogen) atoms. The molecule has 0 aliphatic carbocycles. The lowest BCUT2D eigenvalue weighted by molar-refractivity contribution is -0.155. The van der Waals surface area contributed by atoms with E-state index in [1.807, 2.05) is 20.8 Å². The summed E-state index contributed by atoms with van der Waals surface area (Å²) in [5, 5.41) is 9.26. The van der Waals surface area contributed by atoms with Crippen LogP contribution in [0.5, 0.6) is 0 Å². The number of hydrogen-bond donors (Lipinski definition) is 2. The average molecular weight is 256 g/mol. The van der Waals surface area contributed by atoms with Crippen molar-refractivity contribution in [2.24, 2.45) is 11.1 Å². The molecule has 1 rings (SSSR count). The van der Waals surface area contributed by atoms with Gasteiger partial charge < -0.3 is 15.7 Å². The molecular formula is C13H24N2O3. The molecule has 1 amide bonds. The minimum Gasteiger partial charge on any atom is -0.480 e. The lowest BCUT2D eigenvalue weighted by atomic mass is 9.85. The molecule has 1 aliphatic heterocycles. The number of aliphatic carboxylic acids is 1. The number of rotatable bonds is 3. The molecule has 5 heteroatoms. The minimum atomic E-state index is -1.06. The molecule has 2 atom stereocenters. The van der Waals surface area contributed by atoms with E-state index in [2.05, 4.69) is 0 Å². The highest BCUT2D eigenvalue weighted by Gasteiger charge is 2.46. The van der Waals surface area contributed by atoms with Crippen molar-refractivity contribution < 1.29 is 14.7 Å². The maximum atomic E-state index is 12.2. The minimum absolute atomic E-state index is 0.153. The van der Waals surface area contributed by atoms with Crippen LogP contribution in [0.2, 0.25) is 0 Å². The number of nitrogens with two attached hydrogens (primary N) is 1. The van der Waals surface area contributed by atoms with E-state index in [1.54, 1.807) is 6.92 Å². The first kappa shape index (κ1) is 15.0. The fraction of sp³-hybridized carbons (Fsp3) is 0.846. The van der Waals surface area contributed by atoms with E-state index >= 15 is 0 Å². The number of nitrogens with zero attached hydrogens (tertiary/aromatic N) is 1. The van der Waals surface area contributed by atoms with Crippen molar-refractivity contribution in [1.29, 1.82) is 0 Å². The third-order valence-corrected chi connectivity index (χ3v) is 3.91. The van der Waals surface area contributed by atoms with Crippen LogP contribution in [0.15, 0.2) is 0 Å². The molecule has 3 N–H and O–H groups in total. The molecule has 0 aromatic heterocycles. The van der Waals surface area contributed by atoms with Crippen molar-refractivity contribution in [1.82, 2.24) is 4.90 Å². The zero-order chi connectivity index (χ0) is 14.1. The van der Waals surface area contributed by atoms with Crippen LogP contribution in [0.4, 0.5) is 0 Å². The zero-order valence-corrected chi connectivity index (χ0v) is 11.7. The molecule has 0 saturated carbocycles. The Labute approximate surface area is 108 Å². The van der Waals surface area contributed by atoms with Crippen LogP contribution < -0.4 is 5.73 Å². The van der Waals surface area contributed by atoms with Gasteiger partial charge in [0.15, 0.2) is 0 Å². The second-order valence-corrected chi connectivity index (χ2v) is 6.40. The van der Waals surface area contributed by atoms with E-state index in [0.717, 1.165) is 6.42 Å². The molecule has 1 saturated heterocycles. The molecule has 5 nitrogen and oxygen atoms in total. The lowest BCUT2D eigenvalue weighted by Crippen LogP contribution is -2.52. The highest BCUT2D eigenvalue weighted by Crippen LogP contribution is 2.31. The van der Waals surface area contributed by atoms with Crippen LogP contribution in [0.25, 0.3) is 0 Å². The number of likely N-dealkylation sites (tertiary alicyclic amines) is 1. The maximum absolute atomic E-state index is 12.2. The molecule has 2 unspecified atom stereocenters. The maximum Gasteiger partial charge on any atom is 0.329 e. The third kappa shape index (κ3) is 2.83. The van der Waals surface area contributed by atoms with Gasteiger partial charge in [0.1, 0.15) is 5.54 Å². The molecule has 0 spiro atoms. The fourth-order valence-electron chi connectivity index (χ4n) is 2.19. The van der Waals surface area contributed by atoms with E-state index in [9.17, 15) is 14.7 Å². The summed E-state index contributed by atoms with van der Waals surface area (Å²) in [6, 6.07) is -0.261. The molecule has 0 aromatic carbocycles. The number of carboxylic acid groups (broad SMARTS) is 1. The van der Waals surface area contributed by atoms with E-state index in [1.165, 1.54) is 4.90 Å². The van der Waals surface area contributed by atoms with Crippen molar-refractivity contribution >= 4 is 11.9 Å². The van der Waals surface area contributed by atoms with Crippen molar-refractivity contribution in [3.8, 4) is 0 Å². The smallest absolute Gasteiger partial charge is 0.329 e. The van der Waals surface area contributed by atoms with Crippen LogP contribution in [0.1, 0.15) is 47.0 Å². The Bertz CT molecular complexity index is 349. The van der Waals surface area contributed by atoms with Crippen LogP contribution in [0.3, 0.4) is 0 Å². The molecule has 1 heterocycles. The molecule has 1 aliphatic rings. The monoisotopic (exact) mass is 256 g/mol. The first-order valence-corrected chi connectivity index (χ1v) is 6.38. The normalized spacial score (nSPS) is 26.2. The van der Waals surface area contributed by atoms with Gasteiger partial charge in [-0.05, 0) is 25.2 Å². The molecular weight excluding hydrogens is 232 g/mol. The summed E-state index contributed by atoms with van der Waals surface area (Å²) in [6.45, 7) is 8.06. The summed E-state index contributed by atoms with van der Waals surface area (Å²) in [4.78, 5) is 25.0. The van der Waals surface area contributed by atoms with Crippen molar-refractivity contribution in [2.45, 2.75) is 58.5 Å². The summed E-state index contributed by atoms with van der Waals surface area (Å²) in [7, 11) is 0. The number of carbonyl (C=O) groups is 2. The van der Waals surface area contributed by atoms with E-state index < -0.39 is 11.5 Å². The highest BCUT2D eigenvalue weighted by molar-refractivity contribution is 5.87. The number of carbonyl (C=O) groups excluding carboxylic acids is 1. The van der Waals surface area contributed by atoms with Gasteiger partial charge in [0, 0.05) is 19.0 Å². The van der Waals surface area contributed by atoms with Crippen LogP contribution in [-0.2, 0) is 9.59 Å². The predicted octanol–water partition coefficient (Wildman–Crippen LogP) is 1.22. The third-order valence-electron chi connectivity index (χ3n) is 3.91. The fourth-order valence-corrected chi connectivity index (χ4v) is 2.19. The van der Waals surface area contributed by atoms with Gasteiger partial charge >= 0.3 is 5.97 Å². The summed E-state index contributed by atoms with van der Waals surface area (Å²) in [5.41, 5.74) is 4.77. The Morgan fingerprint density at radius 3 is 2.44 bits per heavy atom. The topological polar surface area (TPSA) is 83.6 Å². The van der Waals surface area contributed by atoms with Gasteiger partial charge in [-0.25, -0.2) is 4.79 Å². The van der Waals surface area contributed by atoms with Crippen LogP contribution >= 0.6 is 0 Å². The van der Waals surface area contributed by atoms with Gasteiger partial charge in [-0.1, -0.05) is 20.8 Å². The van der Waals surface area contributed by atoms with Gasteiger partial charge in [0.05, 0.1) is 0 Å². The SMILES string of the molecule is CC(C)(C)C(N)CC(=O)N1CCCC1(C)C(=O)O. The quantitative estimate of drug-likeness (QED) is 0.795. The largest absolute Gasteiger partial charge is 0.480 e. The van der Waals surface area contributed by atoms with Crippen LogP contribution in [0, 0.1) is 5.41 Å². The Morgan fingerprint density at radius 1 is 1.44 bits per heavy atom. The van der Waals surface area contributed by atoms with Gasteiger partial charge in [-0.3, -0.25) is 4.79 Å². The second-order valence-electron chi connectivity index (χ2n) is 6.40. The van der Waals surface area contributed by atoms with Crippen LogP contribution in [-0.4, -0.2) is 40.0 Å². The second kappa shape index (κ2) is 4.88. The summed E-state index contributed by atoms with van der Waals surface area (Å²) < 4.78 is 0. The van der Waals surface area contributed by atoms with E-state index in [-0.39, 0.29) is 23.8 Å². The van der Waals surface area contributed by atoms with Crippen molar-refractivity contribution in [2.75, 3.05) is 6.54 Å². The van der Waals surface area contributed by atoms with Gasteiger partial charge in [0.25, 0.3) is 0 Å². The molecule has 0 bridgehead atoms. The Kier molecular flexibility index (Phi) is 4.05. The zero-order valence-electron chi connectivity index (χ0n) is 11.7. The van der Waals surface area contributed by atoms with Gasteiger partial charge in [-0.15, -0.1) is 0 Å². The summed E-state index contributed by atoms with van der Waals surface area (Å²) in [5.74, 6) is -1.09. The Balaban J connectivity index is 2.76. The summed E-state index contributed by atoms with van der Waals surface area (Å²) >= 11 is 0. The first-order chi connectivity index (χ1) is 8.09. The Hall–Kier alpha value is -1.10. The van der Waals surface area contributed by atoms with Crippen molar-refractivity contribution in [3.05, 3.63) is 0 Å². The lowest BCUT2D eigenvalue weighted by Gasteiger charge is -2.34. The molecule has 104 valence electrons. The summed E-state index contributed by atoms with van der Waals surface area (Å²) in [6.07, 6.45) is 1.45. The van der Waals surface area contributed by atoms with Gasteiger partial charge in [-0.2, -0.15) is 0 Å².